The molecule has 0 aromatic heterocycles. The van der Waals surface area contributed by atoms with Crippen molar-refractivity contribution >= 4 is 11.9 Å². The van der Waals surface area contributed by atoms with Crippen molar-refractivity contribution in [2.24, 2.45) is 0 Å². The highest BCUT2D eigenvalue weighted by atomic mass is 16.5. The van der Waals surface area contributed by atoms with Gasteiger partial charge in [0.2, 0.25) is 0 Å². The SMILES string of the molecule is CCOc1ccc(OCCCNC(C)(C)C)cc1.O=C(O)C(=O)O. The van der Waals surface area contributed by atoms with Gasteiger partial charge >= 0.3 is 11.9 Å². The average molecular weight is 341 g/mol. The largest absolute Gasteiger partial charge is 0.494 e. The van der Waals surface area contributed by atoms with Crippen LogP contribution in [0, 0.1) is 0 Å². The van der Waals surface area contributed by atoms with Crippen LogP contribution in [-0.2, 0) is 9.59 Å². The van der Waals surface area contributed by atoms with E-state index < -0.39 is 11.9 Å². The van der Waals surface area contributed by atoms with E-state index in [9.17, 15) is 0 Å². The molecule has 0 unspecified atom stereocenters. The Morgan fingerprint density at radius 3 is 1.83 bits per heavy atom. The average Bonchev–Trinajstić information content (AvgIpc) is 2.48. The lowest BCUT2D eigenvalue weighted by Crippen LogP contribution is -2.36. The molecular formula is C17H27NO6. The summed E-state index contributed by atoms with van der Waals surface area (Å²) in [6.45, 7) is 10.9. The van der Waals surface area contributed by atoms with Crippen molar-refractivity contribution in [3.63, 3.8) is 0 Å². The highest BCUT2D eigenvalue weighted by Gasteiger charge is 2.07. The van der Waals surface area contributed by atoms with Crippen molar-refractivity contribution in [2.75, 3.05) is 19.8 Å². The van der Waals surface area contributed by atoms with Crippen LogP contribution < -0.4 is 14.8 Å². The van der Waals surface area contributed by atoms with Gasteiger partial charge in [-0.25, -0.2) is 9.59 Å². The molecule has 1 aromatic rings. The fourth-order valence-electron chi connectivity index (χ4n) is 1.52. The van der Waals surface area contributed by atoms with Crippen LogP contribution in [0.3, 0.4) is 0 Å². The predicted octanol–water partition coefficient (Wildman–Crippen LogP) is 2.40. The normalized spacial score (nSPS) is 10.3. The molecule has 0 aliphatic rings. The summed E-state index contributed by atoms with van der Waals surface area (Å²) < 4.78 is 11.0. The quantitative estimate of drug-likeness (QED) is 0.516. The Morgan fingerprint density at radius 1 is 1.00 bits per heavy atom. The number of rotatable bonds is 7. The summed E-state index contributed by atoms with van der Waals surface area (Å²) in [5.41, 5.74) is 0.180. The number of aliphatic carboxylic acids is 2. The zero-order valence-electron chi connectivity index (χ0n) is 14.7. The van der Waals surface area contributed by atoms with E-state index in [1.54, 1.807) is 0 Å². The number of nitrogens with one attached hydrogen (secondary N) is 1. The number of ether oxygens (including phenoxy) is 2. The lowest BCUT2D eigenvalue weighted by molar-refractivity contribution is -0.159. The molecule has 3 N–H and O–H groups in total. The Morgan fingerprint density at radius 2 is 1.46 bits per heavy atom. The van der Waals surface area contributed by atoms with E-state index in [2.05, 4.69) is 26.1 Å². The van der Waals surface area contributed by atoms with Crippen LogP contribution in [0.25, 0.3) is 0 Å². The molecule has 0 radical (unpaired) electrons. The Bertz CT molecular complexity index is 481. The lowest BCUT2D eigenvalue weighted by Gasteiger charge is -2.20. The van der Waals surface area contributed by atoms with Gasteiger partial charge in [0.1, 0.15) is 11.5 Å². The molecule has 7 nitrogen and oxygen atoms in total. The third-order valence-corrected chi connectivity index (χ3v) is 2.56. The number of carbonyl (C=O) groups is 2. The fourth-order valence-corrected chi connectivity index (χ4v) is 1.52. The van der Waals surface area contributed by atoms with Crippen molar-refractivity contribution in [1.29, 1.82) is 0 Å². The Labute approximate surface area is 142 Å². The maximum absolute atomic E-state index is 9.10. The van der Waals surface area contributed by atoms with E-state index in [-0.39, 0.29) is 5.54 Å². The van der Waals surface area contributed by atoms with E-state index in [1.807, 2.05) is 31.2 Å². The summed E-state index contributed by atoms with van der Waals surface area (Å²) in [5, 5.41) is 18.2. The molecule has 0 bridgehead atoms. The Balaban J connectivity index is 0.000000754. The fraction of sp³-hybridized carbons (Fsp3) is 0.529. The lowest BCUT2D eigenvalue weighted by atomic mass is 10.1. The van der Waals surface area contributed by atoms with E-state index in [0.29, 0.717) is 6.61 Å². The van der Waals surface area contributed by atoms with Crippen LogP contribution in [0.5, 0.6) is 11.5 Å². The smallest absolute Gasteiger partial charge is 0.414 e. The maximum Gasteiger partial charge on any atom is 0.414 e. The number of carboxylic acid groups (broad SMARTS) is 2. The minimum Gasteiger partial charge on any atom is -0.494 e. The molecule has 0 aliphatic carbocycles. The van der Waals surface area contributed by atoms with E-state index in [1.165, 1.54) is 0 Å². The van der Waals surface area contributed by atoms with Gasteiger partial charge in [0, 0.05) is 5.54 Å². The number of benzene rings is 1. The molecule has 0 saturated carbocycles. The van der Waals surface area contributed by atoms with Crippen LogP contribution in [-0.4, -0.2) is 47.4 Å². The van der Waals surface area contributed by atoms with E-state index in [0.717, 1.165) is 31.1 Å². The molecule has 0 amide bonds. The molecule has 0 spiro atoms. The standard InChI is InChI=1S/C15H25NO2.C2H2O4/c1-5-17-13-7-9-14(10-8-13)18-12-6-11-16-15(2,3)4;3-1(4)2(5)6/h7-10,16H,5-6,11-12H2,1-4H3;(H,3,4)(H,5,6). The summed E-state index contributed by atoms with van der Waals surface area (Å²) in [7, 11) is 0. The predicted molar refractivity (Wildman–Crippen MR) is 90.8 cm³/mol. The maximum atomic E-state index is 9.10. The van der Waals surface area contributed by atoms with Gasteiger partial charge in [0.25, 0.3) is 0 Å². The monoisotopic (exact) mass is 341 g/mol. The first-order valence-corrected chi connectivity index (χ1v) is 7.72. The molecule has 0 atom stereocenters. The van der Waals surface area contributed by atoms with Crippen molar-refractivity contribution in [3.05, 3.63) is 24.3 Å². The van der Waals surface area contributed by atoms with Crippen LogP contribution in [0.4, 0.5) is 0 Å². The topological polar surface area (TPSA) is 105 Å². The third-order valence-electron chi connectivity index (χ3n) is 2.56. The zero-order chi connectivity index (χ0) is 18.6. The summed E-state index contributed by atoms with van der Waals surface area (Å²) in [6, 6.07) is 7.77. The molecular weight excluding hydrogens is 314 g/mol. The Hall–Kier alpha value is -2.28. The highest BCUT2D eigenvalue weighted by Crippen LogP contribution is 2.17. The summed E-state index contributed by atoms with van der Waals surface area (Å²) >= 11 is 0. The van der Waals surface area contributed by atoms with Gasteiger partial charge in [-0.3, -0.25) is 0 Å². The number of hydrogen-bond acceptors (Lipinski definition) is 5. The van der Waals surface area contributed by atoms with Gasteiger partial charge in [-0.1, -0.05) is 0 Å². The van der Waals surface area contributed by atoms with E-state index >= 15 is 0 Å². The highest BCUT2D eigenvalue weighted by molar-refractivity contribution is 6.27. The first-order valence-electron chi connectivity index (χ1n) is 7.72. The van der Waals surface area contributed by atoms with Crippen LogP contribution in [0.2, 0.25) is 0 Å². The molecule has 1 aromatic carbocycles. The molecule has 7 heteroatoms. The molecule has 0 fully saturated rings. The first-order chi connectivity index (χ1) is 11.2. The molecule has 0 saturated heterocycles. The van der Waals surface area contributed by atoms with E-state index in [4.69, 9.17) is 29.3 Å². The molecule has 24 heavy (non-hydrogen) atoms. The minimum absolute atomic E-state index is 0.180. The summed E-state index contributed by atoms with van der Waals surface area (Å²) in [6.07, 6.45) is 1.00. The van der Waals surface area contributed by atoms with Gasteiger partial charge in [-0.05, 0) is 64.9 Å². The number of carboxylic acids is 2. The third kappa shape index (κ3) is 12.3. The molecule has 0 aliphatic heterocycles. The minimum atomic E-state index is -1.82. The second kappa shape index (κ2) is 11.3. The van der Waals surface area contributed by atoms with Gasteiger partial charge < -0.3 is 25.0 Å². The van der Waals surface area contributed by atoms with Crippen molar-refractivity contribution in [3.8, 4) is 11.5 Å². The Kier molecular flexibility index (Phi) is 10.2. The molecule has 1 rings (SSSR count). The number of hydrogen-bond donors (Lipinski definition) is 3. The van der Waals surface area contributed by atoms with Crippen molar-refractivity contribution < 1.29 is 29.3 Å². The van der Waals surface area contributed by atoms with Crippen molar-refractivity contribution in [1.82, 2.24) is 5.32 Å². The first kappa shape index (κ1) is 21.7. The summed E-state index contributed by atoms with van der Waals surface area (Å²) in [5.74, 6) is -1.86. The second-order valence-corrected chi connectivity index (χ2v) is 5.89. The second-order valence-electron chi connectivity index (χ2n) is 5.89. The van der Waals surface area contributed by atoms with Crippen LogP contribution in [0.15, 0.2) is 24.3 Å². The van der Waals surface area contributed by atoms with Crippen LogP contribution >= 0.6 is 0 Å². The van der Waals surface area contributed by atoms with Crippen LogP contribution in [0.1, 0.15) is 34.1 Å². The summed E-state index contributed by atoms with van der Waals surface area (Å²) in [4.78, 5) is 18.2. The van der Waals surface area contributed by atoms with Gasteiger partial charge in [-0.15, -0.1) is 0 Å². The molecule has 136 valence electrons. The van der Waals surface area contributed by atoms with Gasteiger partial charge in [0.15, 0.2) is 0 Å². The van der Waals surface area contributed by atoms with Crippen molar-refractivity contribution in [2.45, 2.75) is 39.7 Å². The molecule has 0 heterocycles. The zero-order valence-corrected chi connectivity index (χ0v) is 14.7. The van der Waals surface area contributed by atoms with Gasteiger partial charge in [-0.2, -0.15) is 0 Å². The van der Waals surface area contributed by atoms with Gasteiger partial charge in [0.05, 0.1) is 13.2 Å².